The molecule has 0 saturated heterocycles. The number of imidazole rings is 1. The number of aromatic nitrogens is 2. The van der Waals surface area contributed by atoms with Crippen molar-refractivity contribution in [3.8, 4) is 0 Å². The van der Waals surface area contributed by atoms with E-state index < -0.39 is 0 Å². The Morgan fingerprint density at radius 1 is 1.06 bits per heavy atom. The van der Waals surface area contributed by atoms with Gasteiger partial charge in [0.15, 0.2) is 0 Å². The molecular formula is C15H20N2. The molecule has 2 heteroatoms. The van der Waals surface area contributed by atoms with E-state index in [1.54, 1.807) is 0 Å². The topological polar surface area (TPSA) is 17.8 Å². The van der Waals surface area contributed by atoms with Gasteiger partial charge in [0.25, 0.3) is 0 Å². The molecule has 0 fully saturated rings. The first-order valence-electron chi connectivity index (χ1n) is 5.99. The molecule has 2 rings (SSSR count). The molecule has 0 aliphatic heterocycles. The van der Waals surface area contributed by atoms with Gasteiger partial charge in [-0.25, -0.2) is 4.98 Å². The first-order chi connectivity index (χ1) is 7.93. The molecule has 2 aromatic rings. The van der Waals surface area contributed by atoms with Crippen LogP contribution in [0.5, 0.6) is 0 Å². The second-order valence-corrected chi connectivity index (χ2v) is 5.30. The number of hydrogen-bond donors (Lipinski definition) is 0. The molecular weight excluding hydrogens is 208 g/mol. The Labute approximate surface area is 103 Å². The molecule has 0 unspecified atom stereocenters. The van der Waals surface area contributed by atoms with Crippen molar-refractivity contribution in [3.63, 3.8) is 0 Å². The summed E-state index contributed by atoms with van der Waals surface area (Å²) in [4.78, 5) is 4.15. The summed E-state index contributed by atoms with van der Waals surface area (Å²) in [5.74, 6) is 0. The van der Waals surface area contributed by atoms with E-state index in [0.29, 0.717) is 0 Å². The van der Waals surface area contributed by atoms with Crippen LogP contribution >= 0.6 is 0 Å². The van der Waals surface area contributed by atoms with Gasteiger partial charge in [0.1, 0.15) is 0 Å². The molecule has 1 aromatic heterocycles. The van der Waals surface area contributed by atoms with Gasteiger partial charge in [-0.2, -0.15) is 0 Å². The standard InChI is InChI=1S/C15H20N2/c1-11-8-12(2)14(13(3)9-11)15(4,5)17-7-6-16-10-17/h6-10H,1-5H3. The fourth-order valence-corrected chi connectivity index (χ4v) is 2.86. The average molecular weight is 228 g/mol. The van der Waals surface area contributed by atoms with E-state index >= 15 is 0 Å². The monoisotopic (exact) mass is 228 g/mol. The highest BCUT2D eigenvalue weighted by atomic mass is 15.1. The van der Waals surface area contributed by atoms with E-state index in [2.05, 4.69) is 56.3 Å². The molecule has 0 aliphatic rings. The van der Waals surface area contributed by atoms with Crippen molar-refractivity contribution in [2.24, 2.45) is 0 Å². The smallest absolute Gasteiger partial charge is 0.0953 e. The molecule has 1 aromatic carbocycles. The predicted octanol–water partition coefficient (Wildman–Crippen LogP) is 3.59. The highest BCUT2D eigenvalue weighted by Crippen LogP contribution is 2.31. The Morgan fingerprint density at radius 3 is 2.12 bits per heavy atom. The lowest BCUT2D eigenvalue weighted by Crippen LogP contribution is -2.28. The van der Waals surface area contributed by atoms with E-state index in [4.69, 9.17) is 0 Å². The van der Waals surface area contributed by atoms with Crippen molar-refractivity contribution in [1.29, 1.82) is 0 Å². The lowest BCUT2D eigenvalue weighted by molar-refractivity contribution is 0.431. The van der Waals surface area contributed by atoms with Crippen LogP contribution in [-0.2, 0) is 5.54 Å². The first-order valence-corrected chi connectivity index (χ1v) is 5.99. The molecule has 17 heavy (non-hydrogen) atoms. The van der Waals surface area contributed by atoms with Gasteiger partial charge in [0, 0.05) is 12.4 Å². The summed E-state index contributed by atoms with van der Waals surface area (Å²) in [6.07, 6.45) is 5.75. The van der Waals surface area contributed by atoms with E-state index in [0.717, 1.165) is 0 Å². The van der Waals surface area contributed by atoms with Gasteiger partial charge in [-0.1, -0.05) is 17.7 Å². The third-order valence-corrected chi connectivity index (χ3v) is 3.44. The van der Waals surface area contributed by atoms with Gasteiger partial charge in [-0.15, -0.1) is 0 Å². The Hall–Kier alpha value is -1.57. The average Bonchev–Trinajstić information content (AvgIpc) is 2.67. The Bertz CT molecular complexity index is 499. The largest absolute Gasteiger partial charge is 0.328 e. The zero-order valence-corrected chi connectivity index (χ0v) is 11.3. The minimum atomic E-state index is -0.0572. The van der Waals surface area contributed by atoms with Crippen molar-refractivity contribution < 1.29 is 0 Å². The van der Waals surface area contributed by atoms with Crippen LogP contribution in [0.2, 0.25) is 0 Å². The zero-order valence-electron chi connectivity index (χ0n) is 11.3. The molecule has 90 valence electrons. The van der Waals surface area contributed by atoms with Gasteiger partial charge in [0.05, 0.1) is 11.9 Å². The van der Waals surface area contributed by atoms with Crippen LogP contribution in [0.3, 0.4) is 0 Å². The van der Waals surface area contributed by atoms with Crippen LogP contribution in [0.1, 0.15) is 36.1 Å². The summed E-state index contributed by atoms with van der Waals surface area (Å²) in [7, 11) is 0. The molecule has 0 radical (unpaired) electrons. The van der Waals surface area contributed by atoms with Crippen molar-refractivity contribution in [3.05, 3.63) is 53.1 Å². The highest BCUT2D eigenvalue weighted by molar-refractivity contribution is 5.42. The maximum Gasteiger partial charge on any atom is 0.0953 e. The van der Waals surface area contributed by atoms with Crippen LogP contribution in [0, 0.1) is 20.8 Å². The summed E-state index contributed by atoms with van der Waals surface area (Å²) < 4.78 is 2.16. The molecule has 0 N–H and O–H groups in total. The van der Waals surface area contributed by atoms with E-state index in [1.165, 1.54) is 22.3 Å². The van der Waals surface area contributed by atoms with E-state index in [-0.39, 0.29) is 5.54 Å². The maximum atomic E-state index is 4.15. The van der Waals surface area contributed by atoms with E-state index in [9.17, 15) is 0 Å². The van der Waals surface area contributed by atoms with Gasteiger partial charge >= 0.3 is 0 Å². The summed E-state index contributed by atoms with van der Waals surface area (Å²) in [5, 5.41) is 0. The third kappa shape index (κ3) is 1.99. The third-order valence-electron chi connectivity index (χ3n) is 3.44. The summed E-state index contributed by atoms with van der Waals surface area (Å²) >= 11 is 0. The molecule has 0 saturated carbocycles. The van der Waals surface area contributed by atoms with Crippen molar-refractivity contribution in [2.45, 2.75) is 40.2 Å². The molecule has 1 heterocycles. The minimum absolute atomic E-state index is 0.0572. The van der Waals surface area contributed by atoms with Crippen LogP contribution in [0.25, 0.3) is 0 Å². The SMILES string of the molecule is Cc1cc(C)c(C(C)(C)n2ccnc2)c(C)c1. The van der Waals surface area contributed by atoms with Crippen molar-refractivity contribution >= 4 is 0 Å². The Kier molecular flexibility index (Phi) is 2.82. The van der Waals surface area contributed by atoms with Gasteiger partial charge in [-0.3, -0.25) is 0 Å². The maximum absolute atomic E-state index is 4.15. The molecule has 0 bridgehead atoms. The summed E-state index contributed by atoms with van der Waals surface area (Å²) in [6, 6.07) is 4.50. The highest BCUT2D eigenvalue weighted by Gasteiger charge is 2.25. The summed E-state index contributed by atoms with van der Waals surface area (Å²) in [6.45, 7) is 11.0. The second-order valence-electron chi connectivity index (χ2n) is 5.30. The summed E-state index contributed by atoms with van der Waals surface area (Å²) in [5.41, 5.74) is 5.35. The predicted molar refractivity (Wildman–Crippen MR) is 71.3 cm³/mol. The number of hydrogen-bond acceptors (Lipinski definition) is 1. The van der Waals surface area contributed by atoms with Crippen LogP contribution < -0.4 is 0 Å². The number of aryl methyl sites for hydroxylation is 3. The first kappa shape index (κ1) is 11.9. The lowest BCUT2D eigenvalue weighted by Gasteiger charge is -2.31. The van der Waals surface area contributed by atoms with Crippen LogP contribution in [0.15, 0.2) is 30.9 Å². The van der Waals surface area contributed by atoms with Crippen LogP contribution in [0.4, 0.5) is 0 Å². The molecule has 2 nitrogen and oxygen atoms in total. The zero-order chi connectivity index (χ0) is 12.6. The molecule has 0 atom stereocenters. The van der Waals surface area contributed by atoms with E-state index in [1.807, 2.05) is 18.7 Å². The quantitative estimate of drug-likeness (QED) is 0.768. The Morgan fingerprint density at radius 2 is 1.65 bits per heavy atom. The molecule has 0 amide bonds. The van der Waals surface area contributed by atoms with Gasteiger partial charge < -0.3 is 4.57 Å². The number of rotatable bonds is 2. The molecule has 0 spiro atoms. The van der Waals surface area contributed by atoms with Gasteiger partial charge in [-0.05, 0) is 51.3 Å². The fourth-order valence-electron chi connectivity index (χ4n) is 2.86. The van der Waals surface area contributed by atoms with Crippen molar-refractivity contribution in [2.75, 3.05) is 0 Å². The Balaban J connectivity index is 2.61. The van der Waals surface area contributed by atoms with Gasteiger partial charge in [0.2, 0.25) is 0 Å². The van der Waals surface area contributed by atoms with Crippen molar-refractivity contribution in [1.82, 2.24) is 9.55 Å². The minimum Gasteiger partial charge on any atom is -0.328 e. The lowest BCUT2D eigenvalue weighted by atomic mass is 9.85. The molecule has 0 aliphatic carbocycles. The number of benzene rings is 1. The second kappa shape index (κ2) is 4.02. The normalized spacial score (nSPS) is 11.8. The van der Waals surface area contributed by atoms with Crippen LogP contribution in [-0.4, -0.2) is 9.55 Å². The fraction of sp³-hybridized carbons (Fsp3) is 0.400. The number of nitrogens with zero attached hydrogens (tertiary/aromatic N) is 2.